The number of phenols is 2. The van der Waals surface area contributed by atoms with Crippen molar-refractivity contribution in [3.05, 3.63) is 124 Å². The fourth-order valence-corrected chi connectivity index (χ4v) is 4.34. The third kappa shape index (κ3) is 6.39. The number of benzene rings is 4. The quantitative estimate of drug-likeness (QED) is 0.0699. The molecule has 0 amide bonds. The Morgan fingerprint density at radius 3 is 1.76 bits per heavy atom. The number of aromatic hydroxyl groups is 2. The second kappa shape index (κ2) is 13.4. The summed E-state index contributed by atoms with van der Waals surface area (Å²) in [6, 6.07) is 21.9. The number of unbranched alkanes of at least 4 members (excludes halogenated alkanes) is 2. The van der Waals surface area contributed by atoms with E-state index in [4.69, 9.17) is 9.47 Å². The molecule has 0 heterocycles. The number of hydrogen-bond acceptors (Lipinski definition) is 8. The lowest BCUT2D eigenvalue weighted by molar-refractivity contribution is 0.0489. The van der Waals surface area contributed by atoms with Gasteiger partial charge in [-0.05, 0) is 25.5 Å². The van der Waals surface area contributed by atoms with Crippen molar-refractivity contribution < 1.29 is 38.9 Å². The third-order valence-corrected chi connectivity index (χ3v) is 6.60. The van der Waals surface area contributed by atoms with Gasteiger partial charge < -0.3 is 19.7 Å². The van der Waals surface area contributed by atoms with Crippen LogP contribution in [0, 0.1) is 6.92 Å². The van der Waals surface area contributed by atoms with Crippen LogP contribution in [0.4, 0.5) is 0 Å². The van der Waals surface area contributed by atoms with Crippen LogP contribution in [0.15, 0.2) is 84.9 Å². The number of carbonyl (C=O) groups excluding carboxylic acids is 4. The lowest BCUT2D eigenvalue weighted by Gasteiger charge is -2.20. The first kappa shape index (κ1) is 29.7. The standard InChI is InChI=1S/C34H30O8/c1-3-4-11-20-41-34(40)25-26(28(35)22-12-7-5-8-13-22)30(37)31(38)32(42-33(39)24-14-9-6-10-15-24)27(25)29(36)23-18-16-21(2)17-19-23/h5-10,12-19,37-38H,3-4,11,20H2,1-2H3. The molecule has 0 bridgehead atoms. The summed E-state index contributed by atoms with van der Waals surface area (Å²) in [4.78, 5) is 54.6. The zero-order chi connectivity index (χ0) is 30.2. The summed E-state index contributed by atoms with van der Waals surface area (Å²) in [7, 11) is 0. The minimum Gasteiger partial charge on any atom is -0.504 e. The molecular weight excluding hydrogens is 536 g/mol. The molecule has 0 aromatic heterocycles. The highest BCUT2D eigenvalue weighted by Crippen LogP contribution is 2.46. The monoisotopic (exact) mass is 566 g/mol. The van der Waals surface area contributed by atoms with Gasteiger partial charge in [-0.3, -0.25) is 9.59 Å². The summed E-state index contributed by atoms with van der Waals surface area (Å²) >= 11 is 0. The van der Waals surface area contributed by atoms with E-state index in [1.807, 2.05) is 13.8 Å². The molecule has 0 radical (unpaired) electrons. The summed E-state index contributed by atoms with van der Waals surface area (Å²) in [6.45, 7) is 3.77. The molecule has 8 heteroatoms. The molecule has 2 N–H and O–H groups in total. The first-order chi connectivity index (χ1) is 20.2. The number of ether oxygens (including phenoxy) is 2. The van der Waals surface area contributed by atoms with Gasteiger partial charge in [-0.25, -0.2) is 9.59 Å². The highest BCUT2D eigenvalue weighted by atomic mass is 16.5. The lowest BCUT2D eigenvalue weighted by atomic mass is 9.88. The molecule has 0 spiro atoms. The molecule has 0 aliphatic carbocycles. The maximum atomic E-state index is 14.1. The van der Waals surface area contributed by atoms with Crippen LogP contribution < -0.4 is 4.74 Å². The van der Waals surface area contributed by atoms with E-state index in [-0.39, 0.29) is 23.3 Å². The Hall–Kier alpha value is -5.24. The van der Waals surface area contributed by atoms with E-state index >= 15 is 0 Å². The fraction of sp³-hybridized carbons (Fsp3) is 0.176. The SMILES string of the molecule is CCCCCOC(=O)c1c(C(=O)c2ccccc2)c(O)c(O)c(OC(=O)c2ccccc2)c1C(=O)c1ccc(C)cc1. The smallest absolute Gasteiger partial charge is 0.343 e. The predicted octanol–water partition coefficient (Wildman–Crippen LogP) is 6.43. The Kier molecular flexibility index (Phi) is 9.50. The number of ketones is 2. The highest BCUT2D eigenvalue weighted by Gasteiger charge is 2.37. The Balaban J connectivity index is 2.00. The number of aryl methyl sites for hydroxylation is 1. The molecule has 0 fully saturated rings. The third-order valence-electron chi connectivity index (χ3n) is 6.60. The normalized spacial score (nSPS) is 10.6. The van der Waals surface area contributed by atoms with Crippen molar-refractivity contribution in [2.75, 3.05) is 6.61 Å². The van der Waals surface area contributed by atoms with E-state index in [0.29, 0.717) is 6.42 Å². The van der Waals surface area contributed by atoms with Crippen molar-refractivity contribution >= 4 is 23.5 Å². The van der Waals surface area contributed by atoms with Crippen LogP contribution in [0.2, 0.25) is 0 Å². The molecule has 8 nitrogen and oxygen atoms in total. The van der Waals surface area contributed by atoms with Gasteiger partial charge in [-0.1, -0.05) is 98.1 Å². The average molecular weight is 567 g/mol. The van der Waals surface area contributed by atoms with Crippen LogP contribution >= 0.6 is 0 Å². The lowest BCUT2D eigenvalue weighted by Crippen LogP contribution is -2.22. The molecule has 0 aliphatic heterocycles. The van der Waals surface area contributed by atoms with E-state index < -0.39 is 57.4 Å². The second-order valence-corrected chi connectivity index (χ2v) is 9.64. The predicted molar refractivity (Wildman–Crippen MR) is 155 cm³/mol. The molecule has 4 rings (SSSR count). The molecule has 214 valence electrons. The first-order valence-electron chi connectivity index (χ1n) is 13.5. The van der Waals surface area contributed by atoms with Crippen LogP contribution in [0.3, 0.4) is 0 Å². The molecule has 0 saturated heterocycles. The van der Waals surface area contributed by atoms with E-state index in [1.54, 1.807) is 48.5 Å². The summed E-state index contributed by atoms with van der Waals surface area (Å²) < 4.78 is 11.0. The minimum atomic E-state index is -1.09. The van der Waals surface area contributed by atoms with Gasteiger partial charge in [-0.2, -0.15) is 0 Å². The zero-order valence-electron chi connectivity index (χ0n) is 23.3. The van der Waals surface area contributed by atoms with Gasteiger partial charge in [0.05, 0.1) is 28.9 Å². The minimum absolute atomic E-state index is 0.0232. The molecule has 0 unspecified atom stereocenters. The van der Waals surface area contributed by atoms with Crippen LogP contribution in [0.5, 0.6) is 17.2 Å². The number of carbonyl (C=O) groups is 4. The molecule has 4 aromatic rings. The number of phenolic OH excluding ortho intramolecular Hbond substituents is 2. The first-order valence-corrected chi connectivity index (χ1v) is 13.5. The van der Waals surface area contributed by atoms with Gasteiger partial charge in [0.25, 0.3) is 0 Å². The molecule has 0 aliphatic rings. The summed E-state index contributed by atoms with van der Waals surface area (Å²) in [5, 5.41) is 22.3. The molecule has 42 heavy (non-hydrogen) atoms. The van der Waals surface area contributed by atoms with Gasteiger partial charge in [0.2, 0.25) is 5.75 Å². The van der Waals surface area contributed by atoms with E-state index in [1.165, 1.54) is 36.4 Å². The largest absolute Gasteiger partial charge is 0.504 e. The van der Waals surface area contributed by atoms with Crippen molar-refractivity contribution in [3.63, 3.8) is 0 Å². The Bertz CT molecular complexity index is 1610. The van der Waals surface area contributed by atoms with Crippen molar-refractivity contribution in [1.82, 2.24) is 0 Å². The Morgan fingerprint density at radius 2 is 1.17 bits per heavy atom. The zero-order valence-corrected chi connectivity index (χ0v) is 23.3. The van der Waals surface area contributed by atoms with Crippen LogP contribution in [0.1, 0.15) is 84.3 Å². The van der Waals surface area contributed by atoms with Crippen molar-refractivity contribution in [3.8, 4) is 17.2 Å². The molecule has 0 atom stereocenters. The number of rotatable bonds is 11. The fourth-order valence-electron chi connectivity index (χ4n) is 4.34. The average Bonchev–Trinajstić information content (AvgIpc) is 3.01. The Labute approximate surface area is 243 Å². The molecule has 4 aromatic carbocycles. The van der Waals surface area contributed by atoms with E-state index in [0.717, 1.165) is 18.4 Å². The summed E-state index contributed by atoms with van der Waals surface area (Å²) in [6.07, 6.45) is 2.14. The van der Waals surface area contributed by atoms with Crippen molar-refractivity contribution in [2.24, 2.45) is 0 Å². The molecular formula is C34H30O8. The maximum absolute atomic E-state index is 14.1. The summed E-state index contributed by atoms with van der Waals surface area (Å²) in [5.74, 6) is -6.57. The van der Waals surface area contributed by atoms with Gasteiger partial charge >= 0.3 is 11.9 Å². The maximum Gasteiger partial charge on any atom is 0.343 e. The van der Waals surface area contributed by atoms with Crippen molar-refractivity contribution in [1.29, 1.82) is 0 Å². The van der Waals surface area contributed by atoms with E-state index in [9.17, 15) is 29.4 Å². The highest BCUT2D eigenvalue weighted by molar-refractivity contribution is 6.24. The number of esters is 2. The van der Waals surface area contributed by atoms with Crippen molar-refractivity contribution in [2.45, 2.75) is 33.1 Å². The van der Waals surface area contributed by atoms with E-state index in [2.05, 4.69) is 0 Å². The Morgan fingerprint density at radius 1 is 0.619 bits per heavy atom. The van der Waals surface area contributed by atoms with Crippen LogP contribution in [-0.4, -0.2) is 40.3 Å². The topological polar surface area (TPSA) is 127 Å². The number of hydrogen-bond donors (Lipinski definition) is 2. The summed E-state index contributed by atoms with van der Waals surface area (Å²) in [5.41, 5.74) is -0.745. The van der Waals surface area contributed by atoms with Gasteiger partial charge in [0, 0.05) is 11.1 Å². The molecule has 0 saturated carbocycles. The second-order valence-electron chi connectivity index (χ2n) is 9.64. The van der Waals surface area contributed by atoms with Crippen LogP contribution in [0.25, 0.3) is 0 Å². The van der Waals surface area contributed by atoms with Gasteiger partial charge in [-0.15, -0.1) is 0 Å². The van der Waals surface area contributed by atoms with Gasteiger partial charge in [0.1, 0.15) is 0 Å². The van der Waals surface area contributed by atoms with Crippen LogP contribution in [-0.2, 0) is 4.74 Å². The van der Waals surface area contributed by atoms with Gasteiger partial charge in [0.15, 0.2) is 23.1 Å².